The minimum Gasteiger partial charge on any atom is -0.392 e. The molecule has 0 spiro atoms. The number of aliphatic hydroxyl groups is 1. The SMILES string of the molecule is C[C@H]1[C@@H]2[C@@H](O)C([C@H](C)C(=O)NC3CCCC3)CC[C@@]2(C)CC[C@@H]1NC(=O)c1ccc(C#N)cc1. The Labute approximate surface area is 203 Å². The fourth-order valence-electron chi connectivity index (χ4n) is 7.04. The first-order valence-electron chi connectivity index (χ1n) is 13.0. The molecule has 0 aromatic heterocycles. The zero-order valence-corrected chi connectivity index (χ0v) is 20.7. The van der Waals surface area contributed by atoms with Crippen molar-refractivity contribution >= 4 is 11.8 Å². The van der Waals surface area contributed by atoms with Gasteiger partial charge in [0.25, 0.3) is 5.91 Å². The lowest BCUT2D eigenvalue weighted by Gasteiger charge is -2.56. The van der Waals surface area contributed by atoms with Gasteiger partial charge in [0.05, 0.1) is 17.7 Å². The summed E-state index contributed by atoms with van der Waals surface area (Å²) in [5.41, 5.74) is 1.09. The standard InChI is InChI=1S/C28H39N3O3/c1-17(26(33)30-21-6-4-5-7-21)22-12-14-28(3)15-13-23(18(2)24(28)25(22)32)31-27(34)20-10-8-19(16-29)9-11-20/h8-11,17-18,21-25,32H,4-7,12-15H2,1-3H3,(H,30,33)(H,31,34)/t17-,18+,22?,23-,24+,25-,28-/m0/s1. The fourth-order valence-corrected chi connectivity index (χ4v) is 7.04. The van der Waals surface area contributed by atoms with E-state index in [2.05, 4.69) is 30.6 Å². The molecule has 0 saturated heterocycles. The Morgan fingerprint density at radius 3 is 2.38 bits per heavy atom. The summed E-state index contributed by atoms with van der Waals surface area (Å²) in [6, 6.07) is 9.01. The molecule has 0 bridgehead atoms. The van der Waals surface area contributed by atoms with E-state index in [1.54, 1.807) is 24.3 Å². The predicted octanol–water partition coefficient (Wildman–Crippen LogP) is 4.17. The Morgan fingerprint density at radius 2 is 1.74 bits per heavy atom. The van der Waals surface area contributed by atoms with Crippen molar-refractivity contribution in [1.82, 2.24) is 10.6 Å². The average Bonchev–Trinajstić information content (AvgIpc) is 3.33. The molecule has 7 atom stereocenters. The van der Waals surface area contributed by atoms with Crippen LogP contribution in [0.3, 0.4) is 0 Å². The van der Waals surface area contributed by atoms with Crippen molar-refractivity contribution in [3.05, 3.63) is 35.4 Å². The summed E-state index contributed by atoms with van der Waals surface area (Å²) in [5, 5.41) is 27.0. The van der Waals surface area contributed by atoms with Crippen molar-refractivity contribution < 1.29 is 14.7 Å². The van der Waals surface area contributed by atoms with E-state index in [1.165, 1.54) is 12.8 Å². The quantitative estimate of drug-likeness (QED) is 0.607. The van der Waals surface area contributed by atoms with Gasteiger partial charge in [-0.1, -0.05) is 33.6 Å². The van der Waals surface area contributed by atoms with Crippen LogP contribution in [0.2, 0.25) is 0 Å². The zero-order valence-electron chi connectivity index (χ0n) is 20.7. The topological polar surface area (TPSA) is 102 Å². The second-order valence-corrected chi connectivity index (χ2v) is 11.3. The van der Waals surface area contributed by atoms with E-state index in [1.807, 2.05) is 6.92 Å². The van der Waals surface area contributed by atoms with Crippen LogP contribution in [0.4, 0.5) is 0 Å². The van der Waals surface area contributed by atoms with Crippen molar-refractivity contribution in [3.8, 4) is 6.07 Å². The van der Waals surface area contributed by atoms with Crippen molar-refractivity contribution in [2.24, 2.45) is 29.1 Å². The van der Waals surface area contributed by atoms with Crippen LogP contribution in [0.15, 0.2) is 24.3 Å². The van der Waals surface area contributed by atoms with Gasteiger partial charge in [0.2, 0.25) is 5.91 Å². The molecule has 3 aliphatic rings. The smallest absolute Gasteiger partial charge is 0.251 e. The molecule has 34 heavy (non-hydrogen) atoms. The van der Waals surface area contributed by atoms with Gasteiger partial charge >= 0.3 is 0 Å². The van der Waals surface area contributed by atoms with E-state index in [4.69, 9.17) is 5.26 Å². The van der Waals surface area contributed by atoms with E-state index in [0.717, 1.165) is 38.5 Å². The lowest BCUT2D eigenvalue weighted by molar-refractivity contribution is -0.142. The van der Waals surface area contributed by atoms with Crippen molar-refractivity contribution in [1.29, 1.82) is 5.26 Å². The van der Waals surface area contributed by atoms with Crippen molar-refractivity contribution in [2.45, 2.75) is 90.3 Å². The number of rotatable bonds is 5. The van der Waals surface area contributed by atoms with E-state index in [0.29, 0.717) is 11.1 Å². The molecule has 6 heteroatoms. The van der Waals surface area contributed by atoms with Crippen molar-refractivity contribution in [2.75, 3.05) is 0 Å². The van der Waals surface area contributed by atoms with E-state index < -0.39 is 6.10 Å². The Kier molecular flexibility index (Phi) is 7.33. The molecule has 1 aromatic carbocycles. The van der Waals surface area contributed by atoms with Crippen LogP contribution in [-0.4, -0.2) is 35.1 Å². The number of nitriles is 1. The monoisotopic (exact) mass is 465 g/mol. The normalized spacial score (nSPS) is 34.5. The minimum atomic E-state index is -0.562. The number of benzene rings is 1. The number of aliphatic hydroxyl groups excluding tert-OH is 1. The molecule has 184 valence electrons. The molecule has 6 nitrogen and oxygen atoms in total. The first kappa shape index (κ1) is 24.7. The molecule has 1 unspecified atom stereocenters. The van der Waals surface area contributed by atoms with Crippen LogP contribution in [-0.2, 0) is 4.79 Å². The third-order valence-electron chi connectivity index (χ3n) is 9.24. The largest absolute Gasteiger partial charge is 0.392 e. The molecule has 0 heterocycles. The summed E-state index contributed by atoms with van der Waals surface area (Å²) in [5.74, 6) is -0.211. The summed E-state index contributed by atoms with van der Waals surface area (Å²) in [6.45, 7) is 6.38. The van der Waals surface area contributed by atoms with Crippen molar-refractivity contribution in [3.63, 3.8) is 0 Å². The highest BCUT2D eigenvalue weighted by molar-refractivity contribution is 5.94. The second kappa shape index (κ2) is 10.1. The van der Waals surface area contributed by atoms with Crippen LogP contribution < -0.4 is 10.6 Å². The maximum absolute atomic E-state index is 13.0. The van der Waals surface area contributed by atoms with Gasteiger partial charge in [0.1, 0.15) is 0 Å². The number of fused-ring (bicyclic) bond motifs is 1. The number of hydrogen-bond donors (Lipinski definition) is 3. The molecule has 0 radical (unpaired) electrons. The van der Waals surface area contributed by atoms with Gasteiger partial charge < -0.3 is 15.7 Å². The third kappa shape index (κ3) is 4.86. The second-order valence-electron chi connectivity index (χ2n) is 11.3. The highest BCUT2D eigenvalue weighted by Gasteiger charge is 2.54. The van der Waals surface area contributed by atoms with Gasteiger partial charge in [-0.05, 0) is 86.0 Å². The summed E-state index contributed by atoms with van der Waals surface area (Å²) >= 11 is 0. The maximum Gasteiger partial charge on any atom is 0.251 e. The van der Waals surface area contributed by atoms with Gasteiger partial charge in [-0.2, -0.15) is 5.26 Å². The lowest BCUT2D eigenvalue weighted by Crippen LogP contribution is -2.58. The van der Waals surface area contributed by atoms with Gasteiger partial charge in [-0.25, -0.2) is 0 Å². The molecule has 3 N–H and O–H groups in total. The van der Waals surface area contributed by atoms with Gasteiger partial charge in [0, 0.05) is 23.6 Å². The average molecular weight is 466 g/mol. The Balaban J connectivity index is 1.44. The van der Waals surface area contributed by atoms with E-state index in [-0.39, 0.29) is 53.0 Å². The third-order valence-corrected chi connectivity index (χ3v) is 9.24. The highest BCUT2D eigenvalue weighted by Crippen LogP contribution is 2.55. The predicted molar refractivity (Wildman–Crippen MR) is 131 cm³/mol. The number of nitrogens with zero attached hydrogens (tertiary/aromatic N) is 1. The molecule has 3 saturated carbocycles. The van der Waals surface area contributed by atoms with E-state index in [9.17, 15) is 14.7 Å². The summed E-state index contributed by atoms with van der Waals surface area (Å²) < 4.78 is 0. The van der Waals surface area contributed by atoms with E-state index >= 15 is 0 Å². The number of amides is 2. The molecular weight excluding hydrogens is 426 g/mol. The van der Waals surface area contributed by atoms with Gasteiger partial charge in [-0.3, -0.25) is 9.59 Å². The molecule has 1 aromatic rings. The minimum absolute atomic E-state index is 0.0205. The first-order chi connectivity index (χ1) is 16.2. The highest BCUT2D eigenvalue weighted by atomic mass is 16.3. The van der Waals surface area contributed by atoms with Crippen LogP contribution in [0, 0.1) is 40.4 Å². The number of carbonyl (C=O) groups excluding carboxylic acids is 2. The maximum atomic E-state index is 13.0. The molecule has 2 amide bonds. The van der Waals surface area contributed by atoms with Crippen LogP contribution in [0.5, 0.6) is 0 Å². The first-order valence-corrected chi connectivity index (χ1v) is 13.0. The fraction of sp³-hybridized carbons (Fsp3) is 0.679. The molecule has 3 aliphatic carbocycles. The number of nitrogens with one attached hydrogen (secondary N) is 2. The zero-order chi connectivity index (χ0) is 24.5. The Hall–Kier alpha value is -2.39. The Bertz CT molecular complexity index is 933. The van der Waals surface area contributed by atoms with Crippen LogP contribution in [0.1, 0.15) is 88.1 Å². The number of hydrogen-bond acceptors (Lipinski definition) is 4. The van der Waals surface area contributed by atoms with Crippen LogP contribution >= 0.6 is 0 Å². The lowest BCUT2D eigenvalue weighted by atomic mass is 9.51. The van der Waals surface area contributed by atoms with Crippen LogP contribution in [0.25, 0.3) is 0 Å². The summed E-state index contributed by atoms with van der Waals surface area (Å²) in [7, 11) is 0. The Morgan fingerprint density at radius 1 is 1.09 bits per heavy atom. The number of carbonyl (C=O) groups is 2. The van der Waals surface area contributed by atoms with Gasteiger partial charge in [-0.15, -0.1) is 0 Å². The molecule has 0 aliphatic heterocycles. The van der Waals surface area contributed by atoms with Gasteiger partial charge in [0.15, 0.2) is 0 Å². The molecule has 4 rings (SSSR count). The summed E-state index contributed by atoms with van der Waals surface area (Å²) in [6.07, 6.45) is 7.61. The molecule has 3 fully saturated rings. The molecular formula is C28H39N3O3. The summed E-state index contributed by atoms with van der Waals surface area (Å²) in [4.78, 5) is 25.9.